The third-order valence-corrected chi connectivity index (χ3v) is 3.46. The van der Waals surface area contributed by atoms with Crippen molar-refractivity contribution < 1.29 is 14.3 Å². The molecule has 5 nitrogen and oxygen atoms in total. The van der Waals surface area contributed by atoms with Gasteiger partial charge in [0.05, 0.1) is 20.4 Å². The lowest BCUT2D eigenvalue weighted by Crippen LogP contribution is -2.17. The number of rotatable bonds is 5. The van der Waals surface area contributed by atoms with Crippen molar-refractivity contribution in [2.75, 3.05) is 14.2 Å². The van der Waals surface area contributed by atoms with E-state index in [0.717, 1.165) is 16.7 Å². The number of benzene rings is 2. The first kappa shape index (κ1) is 16.5. The van der Waals surface area contributed by atoms with Crippen LogP contribution in [0.4, 0.5) is 0 Å². The van der Waals surface area contributed by atoms with E-state index in [9.17, 15) is 4.79 Å². The van der Waals surface area contributed by atoms with Gasteiger partial charge in [-0.25, -0.2) is 5.43 Å². The fraction of sp³-hybridized carbons (Fsp3) is 0.222. The molecule has 0 unspecified atom stereocenters. The van der Waals surface area contributed by atoms with Gasteiger partial charge in [-0.1, -0.05) is 17.7 Å². The van der Waals surface area contributed by atoms with Gasteiger partial charge in [-0.3, -0.25) is 4.79 Å². The van der Waals surface area contributed by atoms with Gasteiger partial charge in [0.1, 0.15) is 0 Å². The van der Waals surface area contributed by atoms with E-state index < -0.39 is 0 Å². The Morgan fingerprint density at radius 3 is 2.26 bits per heavy atom. The summed E-state index contributed by atoms with van der Waals surface area (Å²) >= 11 is 0. The number of methoxy groups -OCH3 is 2. The minimum Gasteiger partial charge on any atom is -0.493 e. The molecule has 0 heterocycles. The molecule has 0 saturated heterocycles. The number of aryl methyl sites for hydroxylation is 2. The van der Waals surface area contributed by atoms with E-state index in [1.165, 1.54) is 0 Å². The van der Waals surface area contributed by atoms with Crippen molar-refractivity contribution in [1.82, 2.24) is 5.43 Å². The topological polar surface area (TPSA) is 59.9 Å². The van der Waals surface area contributed by atoms with Crippen molar-refractivity contribution in [1.29, 1.82) is 0 Å². The molecule has 0 aliphatic rings. The average molecular weight is 312 g/mol. The summed E-state index contributed by atoms with van der Waals surface area (Å²) < 4.78 is 10.5. The minimum atomic E-state index is -0.251. The first-order chi connectivity index (χ1) is 11.0. The Bertz CT molecular complexity index is 722. The average Bonchev–Trinajstić information content (AvgIpc) is 2.56. The maximum Gasteiger partial charge on any atom is 0.271 e. The van der Waals surface area contributed by atoms with Crippen molar-refractivity contribution in [3.63, 3.8) is 0 Å². The second-order valence-corrected chi connectivity index (χ2v) is 5.13. The molecule has 2 rings (SSSR count). The number of ether oxygens (including phenoxy) is 2. The predicted molar refractivity (Wildman–Crippen MR) is 90.5 cm³/mol. The Balaban J connectivity index is 2.11. The molecule has 1 amide bonds. The SMILES string of the molecule is COc1cc(C)c(/C=N\NC(=O)c2ccc(C)cc2)cc1OC. The number of hydrogen-bond donors (Lipinski definition) is 1. The molecule has 0 aliphatic heterocycles. The molecule has 23 heavy (non-hydrogen) atoms. The highest BCUT2D eigenvalue weighted by Gasteiger charge is 2.07. The summed E-state index contributed by atoms with van der Waals surface area (Å²) in [6.45, 7) is 3.91. The van der Waals surface area contributed by atoms with Crippen LogP contribution in [0, 0.1) is 13.8 Å². The van der Waals surface area contributed by atoms with Crippen LogP contribution in [0.5, 0.6) is 11.5 Å². The van der Waals surface area contributed by atoms with E-state index in [-0.39, 0.29) is 5.91 Å². The summed E-state index contributed by atoms with van der Waals surface area (Å²) in [5.41, 5.74) is 6.00. The number of hydrazone groups is 1. The van der Waals surface area contributed by atoms with E-state index in [1.807, 2.05) is 38.1 Å². The molecule has 0 aromatic heterocycles. The number of carbonyl (C=O) groups excluding carboxylic acids is 1. The molecule has 0 radical (unpaired) electrons. The number of amides is 1. The molecule has 0 fully saturated rings. The normalized spacial score (nSPS) is 10.6. The molecular formula is C18H20N2O3. The zero-order valence-electron chi connectivity index (χ0n) is 13.7. The molecule has 5 heteroatoms. The zero-order chi connectivity index (χ0) is 16.8. The molecule has 2 aromatic carbocycles. The van der Waals surface area contributed by atoms with Crippen LogP contribution in [0.2, 0.25) is 0 Å². The van der Waals surface area contributed by atoms with Crippen LogP contribution >= 0.6 is 0 Å². The summed E-state index contributed by atoms with van der Waals surface area (Å²) in [5, 5.41) is 4.01. The Hall–Kier alpha value is -2.82. The van der Waals surface area contributed by atoms with Crippen LogP contribution in [0.15, 0.2) is 41.5 Å². The highest BCUT2D eigenvalue weighted by Crippen LogP contribution is 2.29. The standard InChI is InChI=1S/C18H20N2O3/c1-12-5-7-14(8-6-12)18(21)20-19-11-15-10-17(23-4)16(22-3)9-13(15)2/h5-11H,1-4H3,(H,20,21)/b19-11-. The van der Waals surface area contributed by atoms with Crippen LogP contribution in [-0.2, 0) is 0 Å². The molecule has 0 bridgehead atoms. The van der Waals surface area contributed by atoms with E-state index in [0.29, 0.717) is 17.1 Å². The molecule has 2 aromatic rings. The minimum absolute atomic E-state index is 0.251. The largest absolute Gasteiger partial charge is 0.493 e. The first-order valence-corrected chi connectivity index (χ1v) is 7.18. The Kier molecular flexibility index (Phi) is 5.36. The molecule has 120 valence electrons. The third-order valence-electron chi connectivity index (χ3n) is 3.46. The van der Waals surface area contributed by atoms with E-state index >= 15 is 0 Å². The summed E-state index contributed by atoms with van der Waals surface area (Å²) in [6.07, 6.45) is 1.59. The van der Waals surface area contributed by atoms with Gasteiger partial charge in [0.2, 0.25) is 0 Å². The van der Waals surface area contributed by atoms with Crippen molar-refractivity contribution in [3.05, 3.63) is 58.7 Å². The van der Waals surface area contributed by atoms with Gasteiger partial charge in [-0.2, -0.15) is 5.10 Å². The molecular weight excluding hydrogens is 292 g/mol. The van der Waals surface area contributed by atoms with E-state index in [1.54, 1.807) is 32.6 Å². The third kappa shape index (κ3) is 4.10. The highest BCUT2D eigenvalue weighted by molar-refractivity contribution is 5.95. The fourth-order valence-electron chi connectivity index (χ4n) is 2.07. The zero-order valence-corrected chi connectivity index (χ0v) is 13.7. The van der Waals surface area contributed by atoms with Crippen LogP contribution in [0.3, 0.4) is 0 Å². The lowest BCUT2D eigenvalue weighted by molar-refractivity contribution is 0.0955. The van der Waals surface area contributed by atoms with Crippen molar-refractivity contribution in [2.45, 2.75) is 13.8 Å². The Morgan fingerprint density at radius 1 is 1.04 bits per heavy atom. The Morgan fingerprint density at radius 2 is 1.65 bits per heavy atom. The maximum absolute atomic E-state index is 12.0. The maximum atomic E-state index is 12.0. The predicted octanol–water partition coefficient (Wildman–Crippen LogP) is 3.08. The van der Waals surface area contributed by atoms with Crippen LogP contribution in [0.1, 0.15) is 27.0 Å². The van der Waals surface area contributed by atoms with Gasteiger partial charge in [0.25, 0.3) is 5.91 Å². The van der Waals surface area contributed by atoms with Gasteiger partial charge in [-0.15, -0.1) is 0 Å². The van der Waals surface area contributed by atoms with Gasteiger partial charge in [-0.05, 0) is 43.7 Å². The first-order valence-electron chi connectivity index (χ1n) is 7.18. The second kappa shape index (κ2) is 7.45. The van der Waals surface area contributed by atoms with Crippen LogP contribution in [-0.4, -0.2) is 26.3 Å². The monoisotopic (exact) mass is 312 g/mol. The van der Waals surface area contributed by atoms with Gasteiger partial charge in [0.15, 0.2) is 11.5 Å². The number of nitrogens with one attached hydrogen (secondary N) is 1. The van der Waals surface area contributed by atoms with Crippen molar-refractivity contribution in [2.24, 2.45) is 5.10 Å². The van der Waals surface area contributed by atoms with Crippen molar-refractivity contribution >= 4 is 12.1 Å². The molecule has 0 saturated carbocycles. The summed E-state index contributed by atoms with van der Waals surface area (Å²) in [5.74, 6) is 1.02. The van der Waals surface area contributed by atoms with Crippen LogP contribution < -0.4 is 14.9 Å². The Labute approximate surface area is 135 Å². The van der Waals surface area contributed by atoms with Crippen molar-refractivity contribution in [3.8, 4) is 11.5 Å². The molecule has 0 aliphatic carbocycles. The quantitative estimate of drug-likeness (QED) is 0.682. The van der Waals surface area contributed by atoms with Gasteiger partial charge in [0, 0.05) is 11.1 Å². The summed E-state index contributed by atoms with van der Waals surface area (Å²) in [4.78, 5) is 12.0. The fourth-order valence-corrected chi connectivity index (χ4v) is 2.07. The van der Waals surface area contributed by atoms with Crippen LogP contribution in [0.25, 0.3) is 0 Å². The van der Waals surface area contributed by atoms with Gasteiger partial charge >= 0.3 is 0 Å². The second-order valence-electron chi connectivity index (χ2n) is 5.13. The summed E-state index contributed by atoms with van der Waals surface area (Å²) in [7, 11) is 3.17. The number of nitrogens with zero attached hydrogens (tertiary/aromatic N) is 1. The molecule has 0 atom stereocenters. The molecule has 1 N–H and O–H groups in total. The highest BCUT2D eigenvalue weighted by atomic mass is 16.5. The molecule has 0 spiro atoms. The number of carbonyl (C=O) groups is 1. The van der Waals surface area contributed by atoms with E-state index in [2.05, 4.69) is 10.5 Å². The number of hydrogen-bond acceptors (Lipinski definition) is 4. The van der Waals surface area contributed by atoms with Gasteiger partial charge < -0.3 is 9.47 Å². The lowest BCUT2D eigenvalue weighted by atomic mass is 10.1. The lowest BCUT2D eigenvalue weighted by Gasteiger charge is -2.10. The van der Waals surface area contributed by atoms with E-state index in [4.69, 9.17) is 9.47 Å². The summed E-state index contributed by atoms with van der Waals surface area (Å²) in [6, 6.07) is 11.0. The smallest absolute Gasteiger partial charge is 0.271 e.